The first-order valence-electron chi connectivity index (χ1n) is 5.46. The molecule has 0 aliphatic rings. The van der Waals surface area contributed by atoms with Crippen LogP contribution in [0.5, 0.6) is 0 Å². The maximum Gasteiger partial charge on any atom is 0.0616 e. The normalized spacial score (nSPS) is 12.7. The summed E-state index contributed by atoms with van der Waals surface area (Å²) < 4.78 is 5.13. The van der Waals surface area contributed by atoms with Gasteiger partial charge in [0.25, 0.3) is 0 Å². The number of aromatic nitrogens is 1. The van der Waals surface area contributed by atoms with E-state index in [1.54, 1.807) is 7.11 Å². The highest BCUT2D eigenvalue weighted by atomic mass is 35.5. The number of hydrogen-bond donors (Lipinski definition) is 1. The van der Waals surface area contributed by atoms with Crippen LogP contribution >= 0.6 is 11.6 Å². The van der Waals surface area contributed by atoms with E-state index in [2.05, 4.69) is 23.3 Å². The van der Waals surface area contributed by atoms with Crippen LogP contribution in [0.25, 0.3) is 0 Å². The number of halogens is 1. The van der Waals surface area contributed by atoms with Gasteiger partial charge in [-0.05, 0) is 25.0 Å². The Morgan fingerprint density at radius 1 is 1.56 bits per heavy atom. The number of hydrogen-bond acceptors (Lipinski definition) is 3. The highest BCUT2D eigenvalue weighted by molar-refractivity contribution is 6.17. The van der Waals surface area contributed by atoms with Gasteiger partial charge in [-0.25, -0.2) is 0 Å². The molecule has 0 spiro atoms. The lowest BCUT2D eigenvalue weighted by atomic mass is 10.2. The molecular weight excluding hydrogens is 224 g/mol. The van der Waals surface area contributed by atoms with Gasteiger partial charge in [0.1, 0.15) is 0 Å². The minimum atomic E-state index is 0.295. The first-order chi connectivity index (χ1) is 7.77. The third-order valence-corrected chi connectivity index (χ3v) is 2.72. The topological polar surface area (TPSA) is 34.1 Å². The largest absolute Gasteiger partial charge is 0.383 e. The zero-order chi connectivity index (χ0) is 11.8. The van der Waals surface area contributed by atoms with Crippen LogP contribution in [-0.2, 0) is 11.3 Å². The van der Waals surface area contributed by atoms with Crippen molar-refractivity contribution < 1.29 is 4.74 Å². The van der Waals surface area contributed by atoms with Crippen molar-refractivity contribution in [2.24, 2.45) is 0 Å². The van der Waals surface area contributed by atoms with Gasteiger partial charge < -0.3 is 10.1 Å². The summed E-state index contributed by atoms with van der Waals surface area (Å²) in [6, 6.07) is 4.31. The molecule has 0 aromatic carbocycles. The molecule has 1 atom stereocenters. The molecule has 0 amide bonds. The van der Waals surface area contributed by atoms with E-state index in [4.69, 9.17) is 16.3 Å². The third-order valence-electron chi connectivity index (χ3n) is 2.50. The van der Waals surface area contributed by atoms with Crippen LogP contribution in [0.15, 0.2) is 18.3 Å². The Labute approximate surface area is 102 Å². The molecule has 0 saturated carbocycles. The van der Waals surface area contributed by atoms with Gasteiger partial charge in [-0.15, -0.1) is 11.6 Å². The number of methoxy groups -OCH3 is 1. The van der Waals surface area contributed by atoms with Gasteiger partial charge in [-0.2, -0.15) is 0 Å². The van der Waals surface area contributed by atoms with E-state index in [9.17, 15) is 0 Å². The van der Waals surface area contributed by atoms with Gasteiger partial charge >= 0.3 is 0 Å². The van der Waals surface area contributed by atoms with E-state index in [0.717, 1.165) is 18.7 Å². The number of alkyl halides is 1. The van der Waals surface area contributed by atoms with Crippen molar-refractivity contribution in [1.82, 2.24) is 10.3 Å². The van der Waals surface area contributed by atoms with Crippen LogP contribution < -0.4 is 5.32 Å². The molecule has 0 aliphatic heterocycles. The average Bonchev–Trinajstić information content (AvgIpc) is 2.28. The second-order valence-corrected chi connectivity index (χ2v) is 4.16. The molecule has 0 radical (unpaired) electrons. The van der Waals surface area contributed by atoms with Crippen molar-refractivity contribution >= 4 is 11.6 Å². The molecule has 1 aromatic heterocycles. The Morgan fingerprint density at radius 2 is 2.38 bits per heavy atom. The van der Waals surface area contributed by atoms with Crippen molar-refractivity contribution in [3.8, 4) is 0 Å². The van der Waals surface area contributed by atoms with Crippen molar-refractivity contribution in [3.05, 3.63) is 29.6 Å². The molecule has 1 N–H and O–H groups in total. The predicted octanol–water partition coefficient (Wildman–Crippen LogP) is 2.12. The summed E-state index contributed by atoms with van der Waals surface area (Å²) in [4.78, 5) is 4.33. The first kappa shape index (κ1) is 13.4. The number of ether oxygens (including phenoxy) is 1. The summed E-state index contributed by atoms with van der Waals surface area (Å²) in [7, 11) is 1.70. The van der Waals surface area contributed by atoms with Crippen LogP contribution in [-0.4, -0.2) is 30.6 Å². The van der Waals surface area contributed by atoms with E-state index in [0.29, 0.717) is 18.5 Å². The minimum absolute atomic E-state index is 0.295. The lowest BCUT2D eigenvalue weighted by molar-refractivity contribution is 0.164. The zero-order valence-corrected chi connectivity index (χ0v) is 10.6. The van der Waals surface area contributed by atoms with Crippen LogP contribution in [0, 0.1) is 6.92 Å². The lowest BCUT2D eigenvalue weighted by Gasteiger charge is -2.16. The van der Waals surface area contributed by atoms with Gasteiger partial charge in [-0.3, -0.25) is 4.98 Å². The number of nitrogens with zero attached hydrogens (tertiary/aromatic N) is 1. The van der Waals surface area contributed by atoms with Crippen LogP contribution in [0.3, 0.4) is 0 Å². The Kier molecular flexibility index (Phi) is 6.38. The van der Waals surface area contributed by atoms with Gasteiger partial charge in [0, 0.05) is 31.8 Å². The smallest absolute Gasteiger partial charge is 0.0616 e. The summed E-state index contributed by atoms with van der Waals surface area (Å²) in [6.07, 6.45) is 2.72. The van der Waals surface area contributed by atoms with Crippen LogP contribution in [0.4, 0.5) is 0 Å². The SMILES string of the molecule is COCC(CCCl)NCc1ncccc1C. The summed E-state index contributed by atoms with van der Waals surface area (Å²) in [5.41, 5.74) is 2.29. The minimum Gasteiger partial charge on any atom is -0.383 e. The van der Waals surface area contributed by atoms with E-state index in [-0.39, 0.29) is 0 Å². The van der Waals surface area contributed by atoms with Gasteiger partial charge in [0.15, 0.2) is 0 Å². The molecule has 1 rings (SSSR count). The molecule has 4 heteroatoms. The molecule has 1 aromatic rings. The highest BCUT2D eigenvalue weighted by Gasteiger charge is 2.08. The van der Waals surface area contributed by atoms with E-state index >= 15 is 0 Å². The van der Waals surface area contributed by atoms with Gasteiger partial charge in [0.05, 0.1) is 12.3 Å². The molecule has 0 bridgehead atoms. The fourth-order valence-corrected chi connectivity index (χ4v) is 1.79. The number of nitrogens with one attached hydrogen (secondary N) is 1. The Balaban J connectivity index is 2.45. The molecule has 0 fully saturated rings. The summed E-state index contributed by atoms with van der Waals surface area (Å²) in [5, 5.41) is 3.41. The molecule has 0 saturated heterocycles. The summed E-state index contributed by atoms with van der Waals surface area (Å²) >= 11 is 5.73. The Bertz CT molecular complexity index is 301. The Hall–Kier alpha value is -0.640. The fourth-order valence-electron chi connectivity index (χ4n) is 1.52. The average molecular weight is 243 g/mol. The van der Waals surface area contributed by atoms with Crippen molar-refractivity contribution in [2.75, 3.05) is 19.6 Å². The number of aryl methyl sites for hydroxylation is 1. The predicted molar refractivity (Wildman–Crippen MR) is 66.8 cm³/mol. The standard InChI is InChI=1S/C12H19ClN2O/c1-10-4-3-7-14-12(10)8-15-11(5-6-13)9-16-2/h3-4,7,11,15H,5-6,8-9H2,1-2H3. The monoisotopic (exact) mass is 242 g/mol. The fraction of sp³-hybridized carbons (Fsp3) is 0.583. The highest BCUT2D eigenvalue weighted by Crippen LogP contribution is 2.04. The molecule has 90 valence electrons. The number of rotatable bonds is 7. The van der Waals surface area contributed by atoms with Crippen molar-refractivity contribution in [1.29, 1.82) is 0 Å². The lowest BCUT2D eigenvalue weighted by Crippen LogP contribution is -2.33. The molecular formula is C12H19ClN2O. The van der Waals surface area contributed by atoms with E-state index < -0.39 is 0 Å². The molecule has 1 heterocycles. The first-order valence-corrected chi connectivity index (χ1v) is 6.00. The molecule has 16 heavy (non-hydrogen) atoms. The van der Waals surface area contributed by atoms with E-state index in [1.165, 1.54) is 5.56 Å². The number of pyridine rings is 1. The quantitative estimate of drug-likeness (QED) is 0.744. The summed E-state index contributed by atoms with van der Waals surface area (Å²) in [6.45, 7) is 3.51. The van der Waals surface area contributed by atoms with Crippen molar-refractivity contribution in [3.63, 3.8) is 0 Å². The summed E-state index contributed by atoms with van der Waals surface area (Å²) in [5.74, 6) is 0.641. The maximum atomic E-state index is 5.73. The van der Waals surface area contributed by atoms with Crippen molar-refractivity contribution in [2.45, 2.75) is 25.9 Å². The third kappa shape index (κ3) is 4.47. The van der Waals surface area contributed by atoms with E-state index in [1.807, 2.05) is 12.3 Å². The van der Waals surface area contributed by atoms with Crippen LogP contribution in [0.1, 0.15) is 17.7 Å². The maximum absolute atomic E-state index is 5.73. The van der Waals surface area contributed by atoms with Crippen LogP contribution in [0.2, 0.25) is 0 Å². The Morgan fingerprint density at radius 3 is 3.00 bits per heavy atom. The zero-order valence-electron chi connectivity index (χ0n) is 9.87. The second kappa shape index (κ2) is 7.60. The molecule has 3 nitrogen and oxygen atoms in total. The second-order valence-electron chi connectivity index (χ2n) is 3.78. The van der Waals surface area contributed by atoms with Gasteiger partial charge in [0.2, 0.25) is 0 Å². The van der Waals surface area contributed by atoms with Gasteiger partial charge in [-0.1, -0.05) is 6.07 Å². The molecule has 0 aliphatic carbocycles. The molecule has 1 unspecified atom stereocenters.